The first kappa shape index (κ1) is 6.40. The van der Waals surface area contributed by atoms with Gasteiger partial charge in [0.15, 0.2) is 0 Å². The van der Waals surface area contributed by atoms with Gasteiger partial charge in [0.05, 0.1) is 6.04 Å². The molecule has 1 aliphatic carbocycles. The molecular formula is C9H10N2. The summed E-state index contributed by atoms with van der Waals surface area (Å²) >= 11 is 0. The van der Waals surface area contributed by atoms with Crippen LogP contribution in [0.2, 0.25) is 0 Å². The summed E-state index contributed by atoms with van der Waals surface area (Å²) in [5.74, 6) is 0. The van der Waals surface area contributed by atoms with Crippen molar-refractivity contribution >= 4 is 6.21 Å². The lowest BCUT2D eigenvalue weighted by Gasteiger charge is -2.24. The predicted molar refractivity (Wildman–Crippen MR) is 46.4 cm³/mol. The Labute approximate surface area is 66.2 Å². The van der Waals surface area contributed by atoms with Crippen molar-refractivity contribution in [3.63, 3.8) is 0 Å². The Bertz CT molecular complexity index is 236. The topological polar surface area (TPSA) is 15.6 Å². The largest absolute Gasteiger partial charge is 0.348 e. The van der Waals surface area contributed by atoms with E-state index in [-0.39, 0.29) is 0 Å². The van der Waals surface area contributed by atoms with E-state index in [1.54, 1.807) is 0 Å². The zero-order valence-electron chi connectivity index (χ0n) is 6.22. The van der Waals surface area contributed by atoms with Crippen molar-refractivity contribution in [2.45, 2.75) is 6.04 Å². The van der Waals surface area contributed by atoms with Crippen LogP contribution in [0.4, 0.5) is 0 Å². The lowest BCUT2D eigenvalue weighted by Crippen LogP contribution is -2.27. The highest BCUT2D eigenvalue weighted by Gasteiger charge is 2.10. The Kier molecular flexibility index (Phi) is 1.60. The number of hydrogen-bond acceptors (Lipinski definition) is 2. The van der Waals surface area contributed by atoms with E-state index >= 15 is 0 Å². The van der Waals surface area contributed by atoms with Gasteiger partial charge >= 0.3 is 0 Å². The molecule has 1 heterocycles. The van der Waals surface area contributed by atoms with Gasteiger partial charge in [0.25, 0.3) is 0 Å². The highest BCUT2D eigenvalue weighted by atomic mass is 15.2. The Morgan fingerprint density at radius 1 is 1.18 bits per heavy atom. The first-order valence-electron chi connectivity index (χ1n) is 3.74. The van der Waals surface area contributed by atoms with E-state index in [1.165, 1.54) is 0 Å². The summed E-state index contributed by atoms with van der Waals surface area (Å²) in [5, 5.41) is 0. The number of allylic oxidation sites excluding steroid dienone is 3. The molecule has 0 amide bonds. The average Bonchev–Trinajstić information content (AvgIpc) is 2.58. The van der Waals surface area contributed by atoms with Gasteiger partial charge in [-0.1, -0.05) is 24.3 Å². The van der Waals surface area contributed by atoms with Crippen molar-refractivity contribution in [1.29, 1.82) is 0 Å². The van der Waals surface area contributed by atoms with E-state index in [2.05, 4.69) is 40.4 Å². The lowest BCUT2D eigenvalue weighted by atomic mass is 10.3. The number of aliphatic imine (C=N–C) groups is 1. The highest BCUT2D eigenvalue weighted by Crippen LogP contribution is 2.10. The number of nitrogens with zero attached hydrogens (tertiary/aromatic N) is 2. The van der Waals surface area contributed by atoms with Gasteiger partial charge in [0.1, 0.15) is 6.67 Å². The molecule has 0 aromatic carbocycles. The van der Waals surface area contributed by atoms with Crippen LogP contribution in [0.3, 0.4) is 0 Å². The van der Waals surface area contributed by atoms with Gasteiger partial charge in [0, 0.05) is 12.4 Å². The fourth-order valence-electron chi connectivity index (χ4n) is 1.23. The smallest absolute Gasteiger partial charge is 0.110 e. The van der Waals surface area contributed by atoms with Gasteiger partial charge in [0.2, 0.25) is 0 Å². The molecule has 0 unspecified atom stereocenters. The van der Waals surface area contributed by atoms with Crippen LogP contribution in [-0.4, -0.2) is 23.8 Å². The SMILES string of the molecule is C1=CC(N2C=CC=NC2)C=C1. The number of rotatable bonds is 1. The Balaban J connectivity index is 2.05. The van der Waals surface area contributed by atoms with Crippen molar-refractivity contribution in [2.75, 3.05) is 6.67 Å². The maximum Gasteiger partial charge on any atom is 0.110 e. The number of hydrogen-bond donors (Lipinski definition) is 0. The van der Waals surface area contributed by atoms with Gasteiger partial charge < -0.3 is 4.90 Å². The third-order valence-electron chi connectivity index (χ3n) is 1.82. The molecule has 0 N–H and O–H groups in total. The van der Waals surface area contributed by atoms with Crippen molar-refractivity contribution in [3.05, 3.63) is 36.6 Å². The summed E-state index contributed by atoms with van der Waals surface area (Å²) in [6.45, 7) is 0.774. The van der Waals surface area contributed by atoms with Crippen LogP contribution in [0, 0.1) is 0 Å². The van der Waals surface area contributed by atoms with E-state index in [0.29, 0.717) is 6.04 Å². The molecule has 0 fully saturated rings. The van der Waals surface area contributed by atoms with Crippen LogP contribution in [-0.2, 0) is 0 Å². The quantitative estimate of drug-likeness (QED) is 0.545. The molecule has 11 heavy (non-hydrogen) atoms. The van der Waals surface area contributed by atoms with Crippen molar-refractivity contribution in [1.82, 2.24) is 4.90 Å². The molecule has 0 aromatic heterocycles. The summed E-state index contributed by atoms with van der Waals surface area (Å²) < 4.78 is 0. The molecule has 0 radical (unpaired) electrons. The first-order valence-corrected chi connectivity index (χ1v) is 3.74. The minimum atomic E-state index is 0.420. The van der Waals surface area contributed by atoms with Crippen molar-refractivity contribution in [2.24, 2.45) is 4.99 Å². The molecule has 0 spiro atoms. The summed E-state index contributed by atoms with van der Waals surface area (Å²) in [7, 11) is 0. The third-order valence-corrected chi connectivity index (χ3v) is 1.82. The van der Waals surface area contributed by atoms with Crippen molar-refractivity contribution < 1.29 is 0 Å². The van der Waals surface area contributed by atoms with Crippen LogP contribution in [0.1, 0.15) is 0 Å². The van der Waals surface area contributed by atoms with Gasteiger partial charge in [-0.05, 0) is 6.08 Å². The third kappa shape index (κ3) is 1.24. The fourth-order valence-corrected chi connectivity index (χ4v) is 1.23. The van der Waals surface area contributed by atoms with Crippen LogP contribution in [0.5, 0.6) is 0 Å². The predicted octanol–water partition coefficient (Wildman–Crippen LogP) is 1.34. The zero-order chi connectivity index (χ0) is 7.52. The van der Waals surface area contributed by atoms with Crippen molar-refractivity contribution in [3.8, 4) is 0 Å². The maximum atomic E-state index is 4.15. The average molecular weight is 146 g/mol. The molecule has 2 nitrogen and oxygen atoms in total. The standard InChI is InChI=1S/C9H10N2/c1-2-5-9(4-1)11-7-3-6-10-8-11/h1-7,9H,8H2. The molecule has 1 aliphatic heterocycles. The second-order valence-corrected chi connectivity index (χ2v) is 2.59. The van der Waals surface area contributed by atoms with E-state index in [1.807, 2.05) is 12.3 Å². The highest BCUT2D eigenvalue weighted by molar-refractivity contribution is 5.71. The minimum absolute atomic E-state index is 0.420. The summed E-state index contributed by atoms with van der Waals surface area (Å²) in [4.78, 5) is 6.33. The minimum Gasteiger partial charge on any atom is -0.348 e. The van der Waals surface area contributed by atoms with E-state index in [4.69, 9.17) is 0 Å². The Morgan fingerprint density at radius 2 is 2.00 bits per heavy atom. The van der Waals surface area contributed by atoms with E-state index in [9.17, 15) is 0 Å². The fraction of sp³-hybridized carbons (Fsp3) is 0.222. The first-order chi connectivity index (χ1) is 5.47. The summed E-state index contributed by atoms with van der Waals surface area (Å²) in [6, 6.07) is 0.420. The normalized spacial score (nSPS) is 22.0. The van der Waals surface area contributed by atoms with Gasteiger partial charge in [-0.15, -0.1) is 0 Å². The summed E-state index contributed by atoms with van der Waals surface area (Å²) in [6.07, 6.45) is 14.3. The molecule has 56 valence electrons. The lowest BCUT2D eigenvalue weighted by molar-refractivity contribution is 0.372. The molecule has 0 bridgehead atoms. The zero-order valence-corrected chi connectivity index (χ0v) is 6.22. The van der Waals surface area contributed by atoms with E-state index < -0.39 is 0 Å². The monoisotopic (exact) mass is 146 g/mol. The van der Waals surface area contributed by atoms with Crippen LogP contribution >= 0.6 is 0 Å². The van der Waals surface area contributed by atoms with Gasteiger partial charge in [-0.3, -0.25) is 4.99 Å². The second kappa shape index (κ2) is 2.74. The van der Waals surface area contributed by atoms with Crippen LogP contribution in [0.25, 0.3) is 0 Å². The maximum absolute atomic E-state index is 4.15. The molecular weight excluding hydrogens is 136 g/mol. The van der Waals surface area contributed by atoms with Crippen LogP contribution < -0.4 is 0 Å². The molecule has 2 heteroatoms. The molecule has 0 atom stereocenters. The molecule has 2 aliphatic rings. The molecule has 0 aromatic rings. The summed E-state index contributed by atoms with van der Waals surface area (Å²) in [5.41, 5.74) is 0. The second-order valence-electron chi connectivity index (χ2n) is 2.59. The Hall–Kier alpha value is -1.31. The molecule has 2 rings (SSSR count). The van der Waals surface area contributed by atoms with Crippen LogP contribution in [0.15, 0.2) is 41.6 Å². The molecule has 0 saturated heterocycles. The van der Waals surface area contributed by atoms with Gasteiger partial charge in [-0.2, -0.15) is 0 Å². The Morgan fingerprint density at radius 3 is 2.64 bits per heavy atom. The van der Waals surface area contributed by atoms with E-state index in [0.717, 1.165) is 6.67 Å². The van der Waals surface area contributed by atoms with Gasteiger partial charge in [-0.25, -0.2) is 0 Å². The molecule has 0 saturated carbocycles.